The Balaban J connectivity index is 1.90. The standard InChI is InChI=1S/C15H18FN3O2S/c1-9(2)10(3)17-13(20)8-22-15-19-18-14(21-15)11-4-6-12(16)7-5-11/h4-7,9-10H,8H2,1-3H3,(H,17,20)/t10-/m1/s1. The molecule has 0 aliphatic heterocycles. The third-order valence-corrected chi connectivity index (χ3v) is 4.03. The van der Waals surface area contributed by atoms with Crippen LogP contribution in [0.5, 0.6) is 0 Å². The highest BCUT2D eigenvalue weighted by Crippen LogP contribution is 2.23. The second-order valence-electron chi connectivity index (χ2n) is 5.27. The first-order chi connectivity index (χ1) is 10.5. The number of hydrogen-bond donors (Lipinski definition) is 1. The number of hydrogen-bond acceptors (Lipinski definition) is 5. The molecule has 1 heterocycles. The molecule has 0 fully saturated rings. The quantitative estimate of drug-likeness (QED) is 0.827. The molecule has 1 aromatic heterocycles. The minimum absolute atomic E-state index is 0.0762. The Bertz CT molecular complexity index is 628. The maximum atomic E-state index is 12.9. The molecule has 0 aliphatic carbocycles. The summed E-state index contributed by atoms with van der Waals surface area (Å²) in [6.45, 7) is 6.06. The highest BCUT2D eigenvalue weighted by molar-refractivity contribution is 7.99. The molecule has 0 saturated heterocycles. The highest BCUT2D eigenvalue weighted by Gasteiger charge is 2.14. The van der Waals surface area contributed by atoms with Gasteiger partial charge in [-0.1, -0.05) is 25.6 Å². The number of aromatic nitrogens is 2. The van der Waals surface area contributed by atoms with Gasteiger partial charge in [0, 0.05) is 11.6 Å². The summed E-state index contributed by atoms with van der Waals surface area (Å²) in [4.78, 5) is 11.8. The fourth-order valence-electron chi connectivity index (χ4n) is 1.57. The molecule has 2 rings (SSSR count). The van der Waals surface area contributed by atoms with Crippen molar-refractivity contribution in [1.82, 2.24) is 15.5 Å². The number of amides is 1. The fourth-order valence-corrected chi connectivity index (χ4v) is 2.14. The van der Waals surface area contributed by atoms with E-state index in [-0.39, 0.29) is 23.5 Å². The molecule has 5 nitrogen and oxygen atoms in total. The molecule has 0 spiro atoms. The van der Waals surface area contributed by atoms with Crippen LogP contribution in [0.15, 0.2) is 33.9 Å². The van der Waals surface area contributed by atoms with Gasteiger partial charge in [0.05, 0.1) is 5.75 Å². The normalized spacial score (nSPS) is 12.4. The van der Waals surface area contributed by atoms with Crippen LogP contribution in [-0.2, 0) is 4.79 Å². The van der Waals surface area contributed by atoms with Crippen LogP contribution in [0.25, 0.3) is 11.5 Å². The van der Waals surface area contributed by atoms with Crippen LogP contribution in [0.2, 0.25) is 0 Å². The van der Waals surface area contributed by atoms with E-state index in [1.807, 2.05) is 20.8 Å². The van der Waals surface area contributed by atoms with Crippen LogP contribution >= 0.6 is 11.8 Å². The lowest BCUT2D eigenvalue weighted by molar-refractivity contribution is -0.119. The van der Waals surface area contributed by atoms with Crippen molar-refractivity contribution in [3.8, 4) is 11.5 Å². The zero-order valence-corrected chi connectivity index (χ0v) is 13.5. The Hall–Kier alpha value is -1.89. The molecule has 1 aromatic carbocycles. The predicted octanol–water partition coefficient (Wildman–Crippen LogP) is 3.13. The van der Waals surface area contributed by atoms with Gasteiger partial charge in [-0.05, 0) is 37.1 Å². The summed E-state index contributed by atoms with van der Waals surface area (Å²) < 4.78 is 18.3. The van der Waals surface area contributed by atoms with Crippen molar-refractivity contribution in [2.45, 2.75) is 32.0 Å². The van der Waals surface area contributed by atoms with Crippen molar-refractivity contribution in [1.29, 1.82) is 0 Å². The molecule has 2 aromatic rings. The van der Waals surface area contributed by atoms with Crippen LogP contribution in [0, 0.1) is 11.7 Å². The molecule has 1 atom stereocenters. The van der Waals surface area contributed by atoms with Gasteiger partial charge in [0.2, 0.25) is 11.8 Å². The van der Waals surface area contributed by atoms with Crippen LogP contribution in [-0.4, -0.2) is 27.9 Å². The highest BCUT2D eigenvalue weighted by atomic mass is 32.2. The number of halogens is 1. The monoisotopic (exact) mass is 323 g/mol. The Labute approximate surface area is 132 Å². The van der Waals surface area contributed by atoms with E-state index in [0.29, 0.717) is 22.6 Å². The van der Waals surface area contributed by atoms with Crippen molar-refractivity contribution in [2.24, 2.45) is 5.92 Å². The number of nitrogens with zero attached hydrogens (tertiary/aromatic N) is 2. The van der Waals surface area contributed by atoms with E-state index >= 15 is 0 Å². The molecule has 0 saturated carbocycles. The Kier molecular flexibility index (Phi) is 5.54. The summed E-state index contributed by atoms with van der Waals surface area (Å²) in [6.07, 6.45) is 0. The second-order valence-corrected chi connectivity index (χ2v) is 6.20. The smallest absolute Gasteiger partial charge is 0.277 e. The third-order valence-electron chi connectivity index (χ3n) is 3.21. The lowest BCUT2D eigenvalue weighted by Gasteiger charge is -2.16. The molecular weight excluding hydrogens is 305 g/mol. The molecule has 0 aliphatic rings. The summed E-state index contributed by atoms with van der Waals surface area (Å²) in [5.41, 5.74) is 0.638. The first kappa shape index (κ1) is 16.5. The number of benzene rings is 1. The van der Waals surface area contributed by atoms with Gasteiger partial charge in [-0.15, -0.1) is 10.2 Å². The van der Waals surface area contributed by atoms with Gasteiger partial charge < -0.3 is 9.73 Å². The van der Waals surface area contributed by atoms with Gasteiger partial charge >= 0.3 is 0 Å². The number of carbonyl (C=O) groups is 1. The molecule has 1 N–H and O–H groups in total. The van der Waals surface area contributed by atoms with Crippen LogP contribution in [0.3, 0.4) is 0 Å². The first-order valence-electron chi connectivity index (χ1n) is 6.97. The molecular formula is C15H18FN3O2S. The fraction of sp³-hybridized carbons (Fsp3) is 0.400. The molecule has 118 valence electrons. The Morgan fingerprint density at radius 2 is 1.95 bits per heavy atom. The molecule has 1 amide bonds. The minimum Gasteiger partial charge on any atom is -0.411 e. The Morgan fingerprint density at radius 3 is 2.59 bits per heavy atom. The predicted molar refractivity (Wildman–Crippen MR) is 82.9 cm³/mol. The second kappa shape index (κ2) is 7.40. The maximum absolute atomic E-state index is 12.9. The summed E-state index contributed by atoms with van der Waals surface area (Å²) in [5.74, 6) is 0.490. The van der Waals surface area contributed by atoms with E-state index in [0.717, 1.165) is 0 Å². The van der Waals surface area contributed by atoms with E-state index in [9.17, 15) is 9.18 Å². The van der Waals surface area contributed by atoms with Gasteiger partial charge in [0.1, 0.15) is 5.82 Å². The molecule has 7 heteroatoms. The topological polar surface area (TPSA) is 68.0 Å². The average Bonchev–Trinajstić information content (AvgIpc) is 2.94. The molecule has 0 unspecified atom stereocenters. The SMILES string of the molecule is CC(C)[C@@H](C)NC(=O)CSc1nnc(-c2ccc(F)cc2)o1. The van der Waals surface area contributed by atoms with Crippen molar-refractivity contribution in [3.05, 3.63) is 30.1 Å². The lowest BCUT2D eigenvalue weighted by Crippen LogP contribution is -2.37. The number of carbonyl (C=O) groups excluding carboxylic acids is 1. The van der Waals surface area contributed by atoms with Crippen molar-refractivity contribution >= 4 is 17.7 Å². The average molecular weight is 323 g/mol. The summed E-state index contributed by atoms with van der Waals surface area (Å²) in [6, 6.07) is 5.90. The van der Waals surface area contributed by atoms with Gasteiger partial charge in [-0.25, -0.2) is 4.39 Å². The molecule has 22 heavy (non-hydrogen) atoms. The third kappa shape index (κ3) is 4.56. The van der Waals surface area contributed by atoms with Gasteiger partial charge in [0.15, 0.2) is 0 Å². The van der Waals surface area contributed by atoms with E-state index in [2.05, 4.69) is 15.5 Å². The van der Waals surface area contributed by atoms with Crippen molar-refractivity contribution in [3.63, 3.8) is 0 Å². The summed E-state index contributed by atoms with van der Waals surface area (Å²) >= 11 is 1.17. The first-order valence-corrected chi connectivity index (χ1v) is 7.96. The lowest BCUT2D eigenvalue weighted by atomic mass is 10.1. The zero-order chi connectivity index (χ0) is 16.1. The van der Waals surface area contributed by atoms with Gasteiger partial charge in [-0.2, -0.15) is 0 Å². The van der Waals surface area contributed by atoms with Crippen LogP contribution in [0.4, 0.5) is 4.39 Å². The zero-order valence-electron chi connectivity index (χ0n) is 12.7. The van der Waals surface area contributed by atoms with Crippen molar-refractivity contribution in [2.75, 3.05) is 5.75 Å². The van der Waals surface area contributed by atoms with Gasteiger partial charge in [-0.3, -0.25) is 4.79 Å². The number of rotatable bonds is 6. The summed E-state index contributed by atoms with van der Waals surface area (Å²) in [5, 5.41) is 11.0. The van der Waals surface area contributed by atoms with Gasteiger partial charge in [0.25, 0.3) is 5.22 Å². The van der Waals surface area contributed by atoms with E-state index < -0.39 is 0 Å². The number of thioether (sulfide) groups is 1. The largest absolute Gasteiger partial charge is 0.411 e. The summed E-state index contributed by atoms with van der Waals surface area (Å²) in [7, 11) is 0. The Morgan fingerprint density at radius 1 is 1.27 bits per heavy atom. The number of nitrogens with one attached hydrogen (secondary N) is 1. The van der Waals surface area contributed by atoms with Crippen molar-refractivity contribution < 1.29 is 13.6 Å². The maximum Gasteiger partial charge on any atom is 0.277 e. The van der Waals surface area contributed by atoms with Crippen LogP contribution in [0.1, 0.15) is 20.8 Å². The van der Waals surface area contributed by atoms with E-state index in [1.54, 1.807) is 12.1 Å². The van der Waals surface area contributed by atoms with E-state index in [1.165, 1.54) is 23.9 Å². The minimum atomic E-state index is -0.325. The molecule has 0 radical (unpaired) electrons. The van der Waals surface area contributed by atoms with E-state index in [4.69, 9.17) is 4.42 Å². The molecule has 0 bridgehead atoms. The van der Waals surface area contributed by atoms with Crippen LogP contribution < -0.4 is 5.32 Å².